The van der Waals surface area contributed by atoms with Gasteiger partial charge in [-0.05, 0) is 46.1 Å². The minimum atomic E-state index is -1.05. The second-order valence-electron chi connectivity index (χ2n) is 8.59. The lowest BCUT2D eigenvalue weighted by Crippen LogP contribution is -2.53. The Labute approximate surface area is 162 Å². The third-order valence-electron chi connectivity index (χ3n) is 5.62. The molecule has 2 rings (SSSR count). The lowest BCUT2D eigenvalue weighted by Gasteiger charge is -2.35. The molecule has 1 saturated heterocycles. The van der Waals surface area contributed by atoms with Crippen molar-refractivity contribution in [2.45, 2.75) is 84.5 Å². The molecule has 1 aliphatic heterocycles. The molecule has 0 aliphatic carbocycles. The van der Waals surface area contributed by atoms with Crippen LogP contribution in [0, 0.1) is 5.41 Å². The van der Waals surface area contributed by atoms with Crippen LogP contribution in [0.2, 0.25) is 0 Å². The molecule has 2 amide bonds. The Bertz CT molecular complexity index is 654. The number of rotatable bonds is 8. The summed E-state index contributed by atoms with van der Waals surface area (Å²) in [4.78, 5) is 27.1. The van der Waals surface area contributed by atoms with Gasteiger partial charge in [0.15, 0.2) is 0 Å². The summed E-state index contributed by atoms with van der Waals surface area (Å²) in [6.45, 7) is 9.18. The highest BCUT2D eigenvalue weighted by molar-refractivity contribution is 5.97. The first-order valence-corrected chi connectivity index (χ1v) is 9.90. The van der Waals surface area contributed by atoms with Crippen molar-refractivity contribution < 1.29 is 19.4 Å². The number of carbonyl (C=O) groups excluding carboxylic acids is 2. The third-order valence-corrected chi connectivity index (χ3v) is 5.62. The first kappa shape index (κ1) is 21.4. The zero-order valence-corrected chi connectivity index (χ0v) is 17.2. The second-order valence-corrected chi connectivity index (χ2v) is 8.59. The molecule has 1 aromatic rings. The predicted octanol–water partition coefficient (Wildman–Crippen LogP) is 4.32. The Morgan fingerprint density at radius 2 is 1.89 bits per heavy atom. The van der Waals surface area contributed by atoms with Gasteiger partial charge in [0.1, 0.15) is 5.60 Å². The minimum absolute atomic E-state index is 0.372. The fraction of sp³-hybridized carbons (Fsp3) is 0.636. The van der Waals surface area contributed by atoms with Crippen molar-refractivity contribution in [2.24, 2.45) is 5.41 Å². The number of nitrogens with zero attached hydrogens (tertiary/aromatic N) is 1. The largest absolute Gasteiger partial charge is 0.441 e. The van der Waals surface area contributed by atoms with Crippen LogP contribution in [0.25, 0.3) is 0 Å². The quantitative estimate of drug-likeness (QED) is 0.687. The summed E-state index contributed by atoms with van der Waals surface area (Å²) in [6.07, 6.45) is 2.56. The number of unbranched alkanes of at least 4 members (excludes halogenated alkanes) is 2. The summed E-state index contributed by atoms with van der Waals surface area (Å²) in [5.74, 6) is -0.372. The van der Waals surface area contributed by atoms with Crippen LogP contribution in [0.1, 0.15) is 65.9 Å². The number of cyclic esters (lactones) is 1. The van der Waals surface area contributed by atoms with Crippen molar-refractivity contribution in [3.63, 3.8) is 0 Å². The number of imide groups is 1. The Balaban J connectivity index is 2.23. The van der Waals surface area contributed by atoms with Crippen LogP contribution in [0.3, 0.4) is 0 Å². The van der Waals surface area contributed by atoms with E-state index in [2.05, 4.69) is 6.92 Å². The van der Waals surface area contributed by atoms with Gasteiger partial charge in [0.2, 0.25) is 5.91 Å². The van der Waals surface area contributed by atoms with Crippen LogP contribution < -0.4 is 0 Å². The molecule has 1 fully saturated rings. The fourth-order valence-corrected chi connectivity index (χ4v) is 3.58. The number of carbonyl (C=O) groups is 2. The zero-order valence-electron chi connectivity index (χ0n) is 17.2. The van der Waals surface area contributed by atoms with Crippen molar-refractivity contribution in [3.05, 3.63) is 35.9 Å². The third kappa shape index (κ3) is 4.70. The molecular formula is C22H33NO4. The molecular weight excluding hydrogens is 342 g/mol. The summed E-state index contributed by atoms with van der Waals surface area (Å²) in [6, 6.07) is 9.35. The van der Waals surface area contributed by atoms with Crippen LogP contribution in [-0.4, -0.2) is 39.8 Å². The maximum absolute atomic E-state index is 13.3. The highest BCUT2D eigenvalue weighted by Crippen LogP contribution is 2.37. The van der Waals surface area contributed by atoms with Crippen LogP contribution in [0.4, 0.5) is 4.79 Å². The highest BCUT2D eigenvalue weighted by atomic mass is 16.6. The maximum atomic E-state index is 13.3. The predicted molar refractivity (Wildman–Crippen MR) is 105 cm³/mol. The Hall–Kier alpha value is -1.88. The summed E-state index contributed by atoms with van der Waals surface area (Å²) in [5.41, 5.74) is -0.804. The number of aliphatic hydroxyl groups excluding tert-OH is 1. The standard InChI is InChI=1S/C22H33NO4/c1-6-7-9-14-18(24)21(2,3)19(25)23-17(22(4,5)27-20(23)26)15-16-12-10-8-11-13-16/h8,10-13,17-18,24H,6-7,9,14-15H2,1-5H3/t17-,18-/m0/s1. The molecule has 5 nitrogen and oxygen atoms in total. The molecule has 5 heteroatoms. The highest BCUT2D eigenvalue weighted by Gasteiger charge is 2.54. The van der Waals surface area contributed by atoms with E-state index in [-0.39, 0.29) is 5.91 Å². The van der Waals surface area contributed by atoms with Gasteiger partial charge < -0.3 is 9.84 Å². The van der Waals surface area contributed by atoms with Gasteiger partial charge in [0.25, 0.3) is 0 Å². The second kappa shape index (κ2) is 8.42. The summed E-state index contributed by atoms with van der Waals surface area (Å²) < 4.78 is 5.53. The topological polar surface area (TPSA) is 66.8 Å². The fourth-order valence-electron chi connectivity index (χ4n) is 3.58. The average molecular weight is 376 g/mol. The van der Waals surface area contributed by atoms with Gasteiger partial charge in [-0.3, -0.25) is 4.79 Å². The SMILES string of the molecule is CCCCC[C@H](O)C(C)(C)C(=O)N1C(=O)OC(C)(C)[C@@H]1Cc1ccccc1. The maximum Gasteiger partial charge on any atom is 0.417 e. The summed E-state index contributed by atoms with van der Waals surface area (Å²) in [5, 5.41) is 10.6. The van der Waals surface area contributed by atoms with Crippen molar-refractivity contribution in [1.82, 2.24) is 4.90 Å². The van der Waals surface area contributed by atoms with E-state index in [1.165, 1.54) is 4.90 Å². The van der Waals surface area contributed by atoms with Crippen LogP contribution in [-0.2, 0) is 16.0 Å². The lowest BCUT2D eigenvalue weighted by molar-refractivity contribution is -0.145. The molecule has 0 spiro atoms. The molecule has 0 radical (unpaired) electrons. The van der Waals surface area contributed by atoms with E-state index in [1.807, 2.05) is 44.2 Å². The van der Waals surface area contributed by atoms with Crippen LogP contribution in [0.5, 0.6) is 0 Å². The Morgan fingerprint density at radius 3 is 2.48 bits per heavy atom. The van der Waals surface area contributed by atoms with Gasteiger partial charge in [-0.2, -0.15) is 0 Å². The van der Waals surface area contributed by atoms with Crippen molar-refractivity contribution in [2.75, 3.05) is 0 Å². The lowest BCUT2D eigenvalue weighted by atomic mass is 9.81. The molecule has 27 heavy (non-hydrogen) atoms. The number of amides is 2. The molecule has 1 N–H and O–H groups in total. The number of aliphatic hydroxyl groups is 1. The summed E-state index contributed by atoms with van der Waals surface area (Å²) in [7, 11) is 0. The monoisotopic (exact) mass is 375 g/mol. The molecule has 0 bridgehead atoms. The molecule has 2 atom stereocenters. The number of ether oxygens (including phenoxy) is 1. The van der Waals surface area contributed by atoms with Crippen molar-refractivity contribution in [1.29, 1.82) is 0 Å². The van der Waals surface area contributed by atoms with E-state index >= 15 is 0 Å². The Kier molecular flexibility index (Phi) is 6.68. The number of hydrogen-bond acceptors (Lipinski definition) is 4. The van der Waals surface area contributed by atoms with Gasteiger partial charge >= 0.3 is 6.09 Å². The van der Waals surface area contributed by atoms with E-state index < -0.39 is 29.3 Å². The van der Waals surface area contributed by atoms with Crippen molar-refractivity contribution >= 4 is 12.0 Å². The molecule has 1 heterocycles. The number of benzene rings is 1. The molecule has 1 aliphatic rings. The van der Waals surface area contributed by atoms with Crippen LogP contribution >= 0.6 is 0 Å². The van der Waals surface area contributed by atoms with Gasteiger partial charge in [0.05, 0.1) is 17.6 Å². The van der Waals surface area contributed by atoms with Gasteiger partial charge in [0, 0.05) is 0 Å². The zero-order chi connectivity index (χ0) is 20.2. The first-order valence-electron chi connectivity index (χ1n) is 9.90. The molecule has 0 unspecified atom stereocenters. The van der Waals surface area contributed by atoms with E-state index in [0.29, 0.717) is 12.8 Å². The van der Waals surface area contributed by atoms with Crippen LogP contribution in [0.15, 0.2) is 30.3 Å². The van der Waals surface area contributed by atoms with E-state index in [4.69, 9.17) is 4.74 Å². The van der Waals surface area contributed by atoms with E-state index in [9.17, 15) is 14.7 Å². The van der Waals surface area contributed by atoms with Crippen molar-refractivity contribution in [3.8, 4) is 0 Å². The Morgan fingerprint density at radius 1 is 1.26 bits per heavy atom. The smallest absolute Gasteiger partial charge is 0.417 e. The van der Waals surface area contributed by atoms with Gasteiger partial charge in [-0.25, -0.2) is 9.69 Å². The van der Waals surface area contributed by atoms with Gasteiger partial charge in [-0.1, -0.05) is 56.5 Å². The van der Waals surface area contributed by atoms with Gasteiger partial charge in [-0.15, -0.1) is 0 Å². The van der Waals surface area contributed by atoms with E-state index in [1.54, 1.807) is 13.8 Å². The first-order chi connectivity index (χ1) is 12.6. The minimum Gasteiger partial charge on any atom is -0.441 e. The molecule has 0 aromatic heterocycles. The molecule has 150 valence electrons. The van der Waals surface area contributed by atoms with E-state index in [0.717, 1.165) is 24.8 Å². The normalized spacial score (nSPS) is 20.4. The number of hydrogen-bond donors (Lipinski definition) is 1. The summed E-state index contributed by atoms with van der Waals surface area (Å²) >= 11 is 0. The average Bonchev–Trinajstić information content (AvgIpc) is 2.83. The molecule has 0 saturated carbocycles. The molecule has 1 aromatic carbocycles.